The van der Waals surface area contributed by atoms with Crippen molar-refractivity contribution in [1.82, 2.24) is 9.97 Å². The van der Waals surface area contributed by atoms with Gasteiger partial charge in [-0.05, 0) is 31.5 Å². The molecule has 2 heterocycles. The molecule has 2 aromatic heterocycles. The van der Waals surface area contributed by atoms with Crippen LogP contribution in [0.5, 0.6) is 0 Å². The molecule has 2 aromatic rings. The molecular formula is C10H10N2S. The van der Waals surface area contributed by atoms with E-state index in [1.165, 1.54) is 0 Å². The molecule has 0 unspecified atom stereocenters. The zero-order valence-corrected chi connectivity index (χ0v) is 8.40. The first-order valence-electron chi connectivity index (χ1n) is 4.14. The fourth-order valence-corrected chi connectivity index (χ4v) is 1.65. The molecule has 66 valence electrons. The predicted octanol–water partition coefficient (Wildman–Crippen LogP) is 2.91. The Morgan fingerprint density at radius 2 is 2.15 bits per heavy atom. The number of rotatable bonds is 0. The van der Waals surface area contributed by atoms with Crippen LogP contribution in [0.25, 0.3) is 11.0 Å². The Labute approximate surface area is 81.6 Å². The van der Waals surface area contributed by atoms with Crippen LogP contribution in [0.4, 0.5) is 0 Å². The van der Waals surface area contributed by atoms with E-state index in [0.29, 0.717) is 0 Å². The summed E-state index contributed by atoms with van der Waals surface area (Å²) in [7, 11) is 0. The van der Waals surface area contributed by atoms with E-state index >= 15 is 0 Å². The first kappa shape index (κ1) is 8.38. The quantitative estimate of drug-likeness (QED) is 0.647. The molecule has 0 saturated heterocycles. The van der Waals surface area contributed by atoms with Crippen LogP contribution in [0.1, 0.15) is 11.3 Å². The molecular weight excluding hydrogens is 180 g/mol. The average Bonchev–Trinajstić information content (AvgIpc) is 2.15. The largest absolute Gasteiger partial charge is 0.343 e. The third-order valence-electron chi connectivity index (χ3n) is 2.26. The second kappa shape index (κ2) is 2.92. The lowest BCUT2D eigenvalue weighted by molar-refractivity contribution is 1.16. The number of pyridine rings is 2. The standard InChI is InChI=1S/C10H10N2S/c1-6-7(2)12-10-8(9(6)13)4-3-5-11-10/h3-5H,1-2H3,(H,11,12,13). The number of aromatic nitrogens is 2. The maximum absolute atomic E-state index is 5.32. The summed E-state index contributed by atoms with van der Waals surface area (Å²) in [5, 5.41) is 1.03. The molecule has 2 rings (SSSR count). The zero-order valence-electron chi connectivity index (χ0n) is 7.59. The fraction of sp³-hybridized carbons (Fsp3) is 0.200. The Hall–Kier alpha value is -1.22. The maximum atomic E-state index is 5.32. The summed E-state index contributed by atoms with van der Waals surface area (Å²) in [6, 6.07) is 3.90. The second-order valence-electron chi connectivity index (χ2n) is 3.10. The van der Waals surface area contributed by atoms with E-state index in [4.69, 9.17) is 12.2 Å². The molecule has 0 aliphatic carbocycles. The number of aryl methyl sites for hydroxylation is 1. The van der Waals surface area contributed by atoms with E-state index in [0.717, 1.165) is 26.8 Å². The number of hydrogen-bond acceptors (Lipinski definition) is 2. The van der Waals surface area contributed by atoms with Gasteiger partial charge in [0.15, 0.2) is 0 Å². The van der Waals surface area contributed by atoms with Crippen LogP contribution in [0.2, 0.25) is 0 Å². The Bertz CT molecular complexity index is 514. The van der Waals surface area contributed by atoms with Crippen molar-refractivity contribution in [1.29, 1.82) is 0 Å². The first-order valence-corrected chi connectivity index (χ1v) is 4.55. The van der Waals surface area contributed by atoms with Crippen LogP contribution in [-0.2, 0) is 0 Å². The van der Waals surface area contributed by atoms with Crippen LogP contribution < -0.4 is 0 Å². The van der Waals surface area contributed by atoms with Gasteiger partial charge in [0.25, 0.3) is 0 Å². The smallest absolute Gasteiger partial charge is 0.138 e. The summed E-state index contributed by atoms with van der Waals surface area (Å²) in [5.74, 6) is 0. The molecule has 0 aliphatic heterocycles. The van der Waals surface area contributed by atoms with Gasteiger partial charge in [-0.25, -0.2) is 4.98 Å². The Morgan fingerprint density at radius 3 is 2.92 bits per heavy atom. The Morgan fingerprint density at radius 1 is 1.38 bits per heavy atom. The molecule has 0 spiro atoms. The van der Waals surface area contributed by atoms with Gasteiger partial charge in [-0.1, -0.05) is 12.2 Å². The minimum Gasteiger partial charge on any atom is -0.343 e. The van der Waals surface area contributed by atoms with Gasteiger partial charge >= 0.3 is 0 Å². The molecule has 0 saturated carbocycles. The van der Waals surface area contributed by atoms with E-state index in [2.05, 4.69) is 9.97 Å². The van der Waals surface area contributed by atoms with Gasteiger partial charge in [-0.2, -0.15) is 0 Å². The highest BCUT2D eigenvalue weighted by molar-refractivity contribution is 7.71. The summed E-state index contributed by atoms with van der Waals surface area (Å²) in [4.78, 5) is 7.44. The van der Waals surface area contributed by atoms with Gasteiger partial charge in [0.2, 0.25) is 0 Å². The second-order valence-corrected chi connectivity index (χ2v) is 3.51. The van der Waals surface area contributed by atoms with Crippen LogP contribution >= 0.6 is 12.2 Å². The fourth-order valence-electron chi connectivity index (χ4n) is 1.33. The summed E-state index contributed by atoms with van der Waals surface area (Å²) in [6.07, 6.45) is 1.77. The number of hydrogen-bond donors (Lipinski definition) is 1. The third kappa shape index (κ3) is 1.25. The molecule has 0 fully saturated rings. The molecule has 3 heteroatoms. The van der Waals surface area contributed by atoms with Crippen molar-refractivity contribution < 1.29 is 0 Å². The molecule has 0 aliphatic rings. The van der Waals surface area contributed by atoms with E-state index in [1.54, 1.807) is 6.20 Å². The van der Waals surface area contributed by atoms with Crippen molar-refractivity contribution in [2.45, 2.75) is 13.8 Å². The van der Waals surface area contributed by atoms with Crippen LogP contribution in [0, 0.1) is 18.4 Å². The van der Waals surface area contributed by atoms with Gasteiger partial charge in [-0.3, -0.25) is 0 Å². The predicted molar refractivity (Wildman–Crippen MR) is 56.4 cm³/mol. The summed E-state index contributed by atoms with van der Waals surface area (Å²) in [5.41, 5.74) is 3.10. The molecule has 0 amide bonds. The van der Waals surface area contributed by atoms with Gasteiger partial charge in [-0.15, -0.1) is 0 Å². The number of nitrogens with one attached hydrogen (secondary N) is 1. The van der Waals surface area contributed by atoms with Crippen molar-refractivity contribution >= 4 is 23.3 Å². The molecule has 0 aromatic carbocycles. The van der Waals surface area contributed by atoms with E-state index in [9.17, 15) is 0 Å². The number of nitrogens with zero attached hydrogens (tertiary/aromatic N) is 1. The van der Waals surface area contributed by atoms with Crippen molar-refractivity contribution in [3.63, 3.8) is 0 Å². The Kier molecular flexibility index (Phi) is 1.88. The monoisotopic (exact) mass is 190 g/mol. The average molecular weight is 190 g/mol. The molecule has 13 heavy (non-hydrogen) atoms. The van der Waals surface area contributed by atoms with Gasteiger partial charge in [0.1, 0.15) is 5.65 Å². The lowest BCUT2D eigenvalue weighted by atomic mass is 10.2. The molecule has 0 atom stereocenters. The highest BCUT2D eigenvalue weighted by Gasteiger charge is 2.01. The zero-order chi connectivity index (χ0) is 9.42. The van der Waals surface area contributed by atoms with E-state index in [1.807, 2.05) is 26.0 Å². The van der Waals surface area contributed by atoms with E-state index < -0.39 is 0 Å². The summed E-state index contributed by atoms with van der Waals surface area (Å²) < 4.78 is 0.902. The minimum absolute atomic E-state index is 0.871. The molecule has 0 radical (unpaired) electrons. The van der Waals surface area contributed by atoms with Crippen LogP contribution in [0.3, 0.4) is 0 Å². The molecule has 2 nitrogen and oxygen atoms in total. The number of fused-ring (bicyclic) bond motifs is 1. The van der Waals surface area contributed by atoms with Crippen molar-refractivity contribution in [2.24, 2.45) is 0 Å². The van der Waals surface area contributed by atoms with Crippen molar-refractivity contribution in [2.75, 3.05) is 0 Å². The Balaban J connectivity index is 3.03. The first-order chi connectivity index (χ1) is 6.20. The van der Waals surface area contributed by atoms with Gasteiger partial charge in [0, 0.05) is 17.3 Å². The van der Waals surface area contributed by atoms with Gasteiger partial charge < -0.3 is 4.98 Å². The van der Waals surface area contributed by atoms with Crippen molar-refractivity contribution in [3.05, 3.63) is 34.1 Å². The number of H-pyrrole nitrogens is 1. The van der Waals surface area contributed by atoms with Crippen molar-refractivity contribution in [3.8, 4) is 0 Å². The van der Waals surface area contributed by atoms with Crippen LogP contribution in [-0.4, -0.2) is 9.97 Å². The van der Waals surface area contributed by atoms with Gasteiger partial charge in [0.05, 0.1) is 4.51 Å². The van der Waals surface area contributed by atoms with Crippen LogP contribution in [0.15, 0.2) is 18.3 Å². The molecule has 0 bridgehead atoms. The van der Waals surface area contributed by atoms with E-state index in [-0.39, 0.29) is 0 Å². The normalized spacial score (nSPS) is 10.6. The highest BCUT2D eigenvalue weighted by Crippen LogP contribution is 2.16. The maximum Gasteiger partial charge on any atom is 0.138 e. The molecule has 1 N–H and O–H groups in total. The summed E-state index contributed by atoms with van der Waals surface area (Å²) >= 11 is 5.32. The lowest BCUT2D eigenvalue weighted by Crippen LogP contribution is -1.91. The third-order valence-corrected chi connectivity index (χ3v) is 2.79. The topological polar surface area (TPSA) is 28.7 Å². The highest BCUT2D eigenvalue weighted by atomic mass is 32.1. The SMILES string of the molecule is Cc1[nH]c2ncccc2c(=S)c1C. The number of aromatic amines is 1. The lowest BCUT2D eigenvalue weighted by Gasteiger charge is -2.03. The minimum atomic E-state index is 0.871. The summed E-state index contributed by atoms with van der Waals surface area (Å²) in [6.45, 7) is 4.04.